The van der Waals surface area contributed by atoms with Crippen molar-refractivity contribution >= 4 is 16.7 Å². The Balaban J connectivity index is 1.55. The molecule has 0 radical (unpaired) electrons. The van der Waals surface area contributed by atoms with Crippen LogP contribution in [0.2, 0.25) is 0 Å². The third-order valence-electron chi connectivity index (χ3n) is 5.37. The second kappa shape index (κ2) is 7.78. The number of hydrogen-bond donors (Lipinski definition) is 1. The molecule has 0 saturated heterocycles. The summed E-state index contributed by atoms with van der Waals surface area (Å²) in [5.74, 6) is 1.47. The number of carbonyl (C=O) groups is 1. The van der Waals surface area contributed by atoms with Gasteiger partial charge in [-0.3, -0.25) is 4.79 Å². The van der Waals surface area contributed by atoms with Crippen LogP contribution in [-0.2, 0) is 4.79 Å². The summed E-state index contributed by atoms with van der Waals surface area (Å²) < 4.78 is 12.3. The van der Waals surface area contributed by atoms with E-state index in [2.05, 4.69) is 5.32 Å². The van der Waals surface area contributed by atoms with E-state index >= 15 is 0 Å². The number of para-hydroxylation sites is 1. The number of carbonyl (C=O) groups excluding carboxylic acids is 1. The van der Waals surface area contributed by atoms with E-state index in [-0.39, 0.29) is 17.6 Å². The smallest absolute Gasteiger partial charge is 0.261 e. The van der Waals surface area contributed by atoms with Crippen LogP contribution in [0.5, 0.6) is 11.5 Å². The summed E-state index contributed by atoms with van der Waals surface area (Å²) in [5, 5.41) is 5.32. The normalized spacial score (nSPS) is 18.4. The molecule has 1 aliphatic rings. The van der Waals surface area contributed by atoms with E-state index < -0.39 is 6.10 Å². The van der Waals surface area contributed by atoms with E-state index in [0.717, 1.165) is 27.8 Å². The molecule has 1 N–H and O–H groups in total. The average Bonchev–Trinajstić information content (AvgIpc) is 2.71. The molecular formula is C25H27NO3. The Morgan fingerprint density at radius 3 is 2.66 bits per heavy atom. The lowest BCUT2D eigenvalue weighted by Gasteiger charge is -2.38. The highest BCUT2D eigenvalue weighted by atomic mass is 16.5. The summed E-state index contributed by atoms with van der Waals surface area (Å²) >= 11 is 0. The summed E-state index contributed by atoms with van der Waals surface area (Å²) in [6.45, 7) is 6.06. The Kier molecular flexibility index (Phi) is 5.18. The summed E-state index contributed by atoms with van der Waals surface area (Å²) in [7, 11) is 0. The van der Waals surface area contributed by atoms with Crippen molar-refractivity contribution in [2.24, 2.45) is 0 Å². The van der Waals surface area contributed by atoms with E-state index in [1.165, 1.54) is 0 Å². The highest BCUT2D eigenvalue weighted by Crippen LogP contribution is 2.39. The SMILES string of the molecule is CC[C@@H](Oc1cccc2ccccc12)C(=O)N[C@H]1CC(C)(C)Oc2ccccc21. The lowest BCUT2D eigenvalue weighted by molar-refractivity contribution is -0.129. The van der Waals surface area contributed by atoms with Crippen molar-refractivity contribution in [1.29, 1.82) is 0 Å². The van der Waals surface area contributed by atoms with Crippen molar-refractivity contribution in [2.75, 3.05) is 0 Å². The highest BCUT2D eigenvalue weighted by molar-refractivity contribution is 5.89. The van der Waals surface area contributed by atoms with E-state index in [4.69, 9.17) is 9.47 Å². The van der Waals surface area contributed by atoms with Gasteiger partial charge in [-0.2, -0.15) is 0 Å². The molecule has 4 heteroatoms. The molecule has 4 nitrogen and oxygen atoms in total. The molecule has 1 aliphatic heterocycles. The van der Waals surface area contributed by atoms with Gasteiger partial charge in [0.2, 0.25) is 0 Å². The van der Waals surface area contributed by atoms with Crippen LogP contribution < -0.4 is 14.8 Å². The molecule has 0 aliphatic carbocycles. The third-order valence-corrected chi connectivity index (χ3v) is 5.37. The quantitative estimate of drug-likeness (QED) is 0.634. The molecule has 3 aromatic rings. The maximum atomic E-state index is 13.1. The molecule has 4 rings (SSSR count). The van der Waals surface area contributed by atoms with Gasteiger partial charge in [-0.15, -0.1) is 0 Å². The molecule has 0 unspecified atom stereocenters. The van der Waals surface area contributed by atoms with Crippen molar-refractivity contribution in [2.45, 2.75) is 51.4 Å². The number of benzene rings is 3. The Hall–Kier alpha value is -3.01. The van der Waals surface area contributed by atoms with Crippen molar-refractivity contribution in [3.8, 4) is 11.5 Å². The summed E-state index contributed by atoms with van der Waals surface area (Å²) in [6.07, 6.45) is 0.739. The Labute approximate surface area is 171 Å². The fourth-order valence-electron chi connectivity index (χ4n) is 3.97. The van der Waals surface area contributed by atoms with E-state index in [1.807, 2.05) is 87.5 Å². The molecule has 3 aromatic carbocycles. The Morgan fingerprint density at radius 1 is 1.10 bits per heavy atom. The van der Waals surface area contributed by atoms with E-state index in [9.17, 15) is 4.79 Å². The van der Waals surface area contributed by atoms with Gasteiger partial charge >= 0.3 is 0 Å². The second-order valence-electron chi connectivity index (χ2n) is 8.16. The van der Waals surface area contributed by atoms with Gasteiger partial charge in [0.25, 0.3) is 5.91 Å². The first-order valence-electron chi connectivity index (χ1n) is 10.2. The average molecular weight is 389 g/mol. The largest absolute Gasteiger partial charge is 0.487 e. The monoisotopic (exact) mass is 389 g/mol. The maximum absolute atomic E-state index is 13.1. The topological polar surface area (TPSA) is 47.6 Å². The van der Waals surface area contributed by atoms with Gasteiger partial charge in [0, 0.05) is 17.4 Å². The lowest BCUT2D eigenvalue weighted by atomic mass is 9.89. The number of rotatable bonds is 5. The van der Waals surface area contributed by atoms with Crippen LogP contribution in [0.3, 0.4) is 0 Å². The van der Waals surface area contributed by atoms with Crippen LogP contribution in [0, 0.1) is 0 Å². The molecule has 150 valence electrons. The van der Waals surface area contributed by atoms with Gasteiger partial charge in [0.1, 0.15) is 17.1 Å². The van der Waals surface area contributed by atoms with Crippen LogP contribution in [0.25, 0.3) is 10.8 Å². The van der Waals surface area contributed by atoms with Crippen LogP contribution in [-0.4, -0.2) is 17.6 Å². The number of hydrogen-bond acceptors (Lipinski definition) is 3. The molecule has 0 saturated carbocycles. The number of ether oxygens (including phenoxy) is 2. The molecule has 29 heavy (non-hydrogen) atoms. The first kappa shape index (κ1) is 19.3. The van der Waals surface area contributed by atoms with Gasteiger partial charge < -0.3 is 14.8 Å². The standard InChI is InChI=1S/C25H27NO3/c1-4-21(28-22-15-9-11-17-10-5-6-12-18(17)22)24(27)26-20-16-25(2,3)29-23-14-8-7-13-19(20)23/h5-15,20-21H,4,16H2,1-3H3,(H,26,27)/t20-,21+/m0/s1. The summed E-state index contributed by atoms with van der Waals surface area (Å²) in [4.78, 5) is 13.1. The number of nitrogens with one attached hydrogen (secondary N) is 1. The first-order chi connectivity index (χ1) is 14.0. The third kappa shape index (κ3) is 4.07. The van der Waals surface area contributed by atoms with Crippen molar-refractivity contribution in [1.82, 2.24) is 5.32 Å². The predicted molar refractivity (Wildman–Crippen MR) is 115 cm³/mol. The van der Waals surface area contributed by atoms with Crippen LogP contribution in [0.4, 0.5) is 0 Å². The predicted octanol–water partition coefficient (Wildman–Crippen LogP) is 5.42. The van der Waals surface area contributed by atoms with Gasteiger partial charge in [0.15, 0.2) is 6.10 Å². The fourth-order valence-corrected chi connectivity index (χ4v) is 3.97. The fraction of sp³-hybridized carbons (Fsp3) is 0.320. The molecule has 0 bridgehead atoms. The Morgan fingerprint density at radius 2 is 1.83 bits per heavy atom. The van der Waals surface area contributed by atoms with Crippen LogP contribution in [0.15, 0.2) is 66.7 Å². The van der Waals surface area contributed by atoms with Gasteiger partial charge in [-0.25, -0.2) is 0 Å². The minimum absolute atomic E-state index is 0.0991. The molecule has 0 aromatic heterocycles. The molecule has 0 fully saturated rings. The van der Waals surface area contributed by atoms with Crippen molar-refractivity contribution < 1.29 is 14.3 Å². The van der Waals surface area contributed by atoms with Crippen LogP contribution >= 0.6 is 0 Å². The van der Waals surface area contributed by atoms with Gasteiger partial charge in [0.05, 0.1) is 6.04 Å². The molecule has 1 amide bonds. The zero-order valence-corrected chi connectivity index (χ0v) is 17.1. The molecule has 1 heterocycles. The number of amides is 1. The molecule has 0 spiro atoms. The van der Waals surface area contributed by atoms with Crippen LogP contribution in [0.1, 0.15) is 45.2 Å². The summed E-state index contributed by atoms with van der Waals surface area (Å²) in [5.41, 5.74) is 0.671. The van der Waals surface area contributed by atoms with Crippen molar-refractivity contribution in [3.63, 3.8) is 0 Å². The number of fused-ring (bicyclic) bond motifs is 2. The minimum Gasteiger partial charge on any atom is -0.487 e. The Bertz CT molecular complexity index is 1020. The zero-order chi connectivity index (χ0) is 20.4. The van der Waals surface area contributed by atoms with Gasteiger partial charge in [-0.1, -0.05) is 61.5 Å². The second-order valence-corrected chi connectivity index (χ2v) is 8.16. The highest BCUT2D eigenvalue weighted by Gasteiger charge is 2.35. The van der Waals surface area contributed by atoms with Gasteiger partial charge in [-0.05, 0) is 37.8 Å². The molecule has 2 atom stereocenters. The van der Waals surface area contributed by atoms with Crippen molar-refractivity contribution in [3.05, 3.63) is 72.3 Å². The van der Waals surface area contributed by atoms with E-state index in [0.29, 0.717) is 12.8 Å². The minimum atomic E-state index is -0.557. The molecular weight excluding hydrogens is 362 g/mol. The first-order valence-corrected chi connectivity index (χ1v) is 10.2. The van der Waals surface area contributed by atoms with E-state index in [1.54, 1.807) is 0 Å². The zero-order valence-electron chi connectivity index (χ0n) is 17.1. The lowest BCUT2D eigenvalue weighted by Crippen LogP contribution is -2.45. The summed E-state index contributed by atoms with van der Waals surface area (Å²) in [6, 6.07) is 21.8. The maximum Gasteiger partial charge on any atom is 0.261 e.